The molecule has 0 N–H and O–H groups in total. The van der Waals surface area contributed by atoms with Crippen molar-refractivity contribution in [3.05, 3.63) is 19.8 Å². The van der Waals surface area contributed by atoms with Crippen LogP contribution in [0.4, 0.5) is 0 Å². The molecular weight excluding hydrogens is 300 g/mol. The summed E-state index contributed by atoms with van der Waals surface area (Å²) in [4.78, 5) is 12.8. The highest BCUT2D eigenvalue weighted by Gasteiger charge is 2.24. The number of carbonyl (C=O) groups is 1. The smallest absolute Gasteiger partial charge is 0.176 e. The van der Waals surface area contributed by atoms with Crippen molar-refractivity contribution in [1.82, 2.24) is 0 Å². The molecule has 1 aliphatic heterocycles. The van der Waals surface area contributed by atoms with E-state index in [9.17, 15) is 4.79 Å². The monoisotopic (exact) mass is 308 g/mol. The van der Waals surface area contributed by atoms with Crippen molar-refractivity contribution in [3.63, 3.8) is 0 Å². The van der Waals surface area contributed by atoms with E-state index in [1.165, 1.54) is 11.3 Å². The Hall–Kier alpha value is 0.1000. The van der Waals surface area contributed by atoms with Crippen molar-refractivity contribution in [2.45, 2.75) is 12.8 Å². The molecule has 1 fully saturated rings. The van der Waals surface area contributed by atoms with Crippen molar-refractivity contribution >= 4 is 44.7 Å². The number of rotatable bonds is 2. The highest BCUT2D eigenvalue weighted by atomic mass is 79.9. The van der Waals surface area contributed by atoms with Gasteiger partial charge in [0, 0.05) is 19.1 Å². The average molecular weight is 310 g/mol. The highest BCUT2D eigenvalue weighted by molar-refractivity contribution is 9.11. The lowest BCUT2D eigenvalue weighted by Gasteiger charge is -2.19. The number of thiophene rings is 1. The van der Waals surface area contributed by atoms with E-state index in [1.807, 2.05) is 0 Å². The van der Waals surface area contributed by atoms with Gasteiger partial charge in [-0.25, -0.2) is 0 Å². The van der Waals surface area contributed by atoms with Gasteiger partial charge in [0.25, 0.3) is 0 Å². The Kier molecular flexibility index (Phi) is 3.83. The van der Waals surface area contributed by atoms with E-state index in [2.05, 4.69) is 15.9 Å². The molecule has 82 valence electrons. The number of hydrogen-bond donors (Lipinski definition) is 0. The predicted molar refractivity (Wildman–Crippen MR) is 64.9 cm³/mol. The van der Waals surface area contributed by atoms with Crippen molar-refractivity contribution in [2.24, 2.45) is 5.92 Å². The van der Waals surface area contributed by atoms with Gasteiger partial charge in [0.05, 0.1) is 13.7 Å². The lowest BCUT2D eigenvalue weighted by molar-refractivity contribution is 0.0547. The Morgan fingerprint density at radius 2 is 2.20 bits per heavy atom. The van der Waals surface area contributed by atoms with Gasteiger partial charge in [-0.2, -0.15) is 0 Å². The fraction of sp³-hybridized carbons (Fsp3) is 0.500. The molecule has 1 saturated heterocycles. The standard InChI is InChI=1S/C10H10BrClO2S/c11-10-7(12)5-8(15-10)9(13)6-1-3-14-4-2-6/h5-6H,1-4H2. The summed E-state index contributed by atoms with van der Waals surface area (Å²) in [7, 11) is 0. The summed E-state index contributed by atoms with van der Waals surface area (Å²) in [5.41, 5.74) is 0. The number of ketones is 1. The maximum atomic E-state index is 12.0. The molecule has 2 rings (SSSR count). The van der Waals surface area contributed by atoms with E-state index in [-0.39, 0.29) is 11.7 Å². The van der Waals surface area contributed by atoms with E-state index in [0.29, 0.717) is 18.2 Å². The topological polar surface area (TPSA) is 26.3 Å². The first-order valence-electron chi connectivity index (χ1n) is 4.75. The lowest BCUT2D eigenvalue weighted by atomic mass is 9.94. The van der Waals surface area contributed by atoms with Crippen molar-refractivity contribution in [2.75, 3.05) is 13.2 Å². The number of halogens is 2. The van der Waals surface area contributed by atoms with Crippen LogP contribution in [0.25, 0.3) is 0 Å². The molecule has 5 heteroatoms. The molecule has 0 unspecified atom stereocenters. The first kappa shape index (κ1) is 11.6. The summed E-state index contributed by atoms with van der Waals surface area (Å²) < 4.78 is 6.06. The molecule has 2 nitrogen and oxygen atoms in total. The highest BCUT2D eigenvalue weighted by Crippen LogP contribution is 2.34. The van der Waals surface area contributed by atoms with Gasteiger partial charge in [0.1, 0.15) is 0 Å². The summed E-state index contributed by atoms with van der Waals surface area (Å²) in [5.74, 6) is 0.316. The number of ether oxygens (including phenoxy) is 1. The molecule has 0 radical (unpaired) electrons. The third kappa shape index (κ3) is 2.61. The zero-order valence-electron chi connectivity index (χ0n) is 7.96. The Morgan fingerprint density at radius 1 is 1.53 bits per heavy atom. The Morgan fingerprint density at radius 3 is 2.73 bits per heavy atom. The maximum absolute atomic E-state index is 12.0. The zero-order chi connectivity index (χ0) is 10.8. The van der Waals surface area contributed by atoms with E-state index in [1.54, 1.807) is 6.07 Å². The second-order valence-corrected chi connectivity index (χ2v) is 6.26. The van der Waals surface area contributed by atoms with Crippen LogP contribution in [0.1, 0.15) is 22.5 Å². The number of Topliss-reactive ketones (excluding diaryl/α,β-unsaturated/α-hetero) is 1. The molecule has 0 bridgehead atoms. The van der Waals surface area contributed by atoms with Gasteiger partial charge in [0.2, 0.25) is 0 Å². The van der Waals surface area contributed by atoms with E-state index < -0.39 is 0 Å². The minimum absolute atomic E-state index is 0.111. The third-order valence-electron chi connectivity index (χ3n) is 2.48. The maximum Gasteiger partial charge on any atom is 0.176 e. The molecule has 15 heavy (non-hydrogen) atoms. The van der Waals surface area contributed by atoms with E-state index in [0.717, 1.165) is 21.5 Å². The number of hydrogen-bond acceptors (Lipinski definition) is 3. The first-order chi connectivity index (χ1) is 7.18. The Labute approximate surface area is 106 Å². The summed E-state index contributed by atoms with van der Waals surface area (Å²) in [6.45, 7) is 1.38. The third-order valence-corrected chi connectivity index (χ3v) is 4.97. The molecule has 0 saturated carbocycles. The molecule has 1 aromatic heterocycles. The molecular formula is C10H10BrClO2S. The summed E-state index contributed by atoms with van der Waals surface area (Å²) >= 11 is 10.6. The lowest BCUT2D eigenvalue weighted by Crippen LogP contribution is -2.22. The first-order valence-corrected chi connectivity index (χ1v) is 6.74. The molecule has 1 aliphatic rings. The van der Waals surface area contributed by atoms with Crippen molar-refractivity contribution in [1.29, 1.82) is 0 Å². The predicted octanol–water partition coefficient (Wildman–Crippen LogP) is 3.77. The summed E-state index contributed by atoms with van der Waals surface area (Å²) in [5, 5.41) is 0.621. The SMILES string of the molecule is O=C(c1cc(Cl)c(Br)s1)C1CCOCC1. The van der Waals surface area contributed by atoms with Crippen molar-refractivity contribution in [3.8, 4) is 0 Å². The van der Waals surface area contributed by atoms with Crippen molar-refractivity contribution < 1.29 is 9.53 Å². The van der Waals surface area contributed by atoms with Gasteiger partial charge < -0.3 is 4.74 Å². The molecule has 0 amide bonds. The fourth-order valence-corrected chi connectivity index (χ4v) is 3.35. The van der Waals surface area contributed by atoms with Crippen LogP contribution in [0.5, 0.6) is 0 Å². The van der Waals surface area contributed by atoms with E-state index in [4.69, 9.17) is 16.3 Å². The van der Waals surface area contributed by atoms with Crippen LogP contribution in [0.15, 0.2) is 9.85 Å². The number of carbonyl (C=O) groups excluding carboxylic acids is 1. The van der Waals surface area contributed by atoms with Crippen LogP contribution in [0, 0.1) is 5.92 Å². The summed E-state index contributed by atoms with van der Waals surface area (Å²) in [6.07, 6.45) is 1.65. The van der Waals surface area contributed by atoms with Gasteiger partial charge >= 0.3 is 0 Å². The minimum Gasteiger partial charge on any atom is -0.381 e. The van der Waals surface area contributed by atoms with Gasteiger partial charge in [-0.1, -0.05) is 11.6 Å². The quantitative estimate of drug-likeness (QED) is 0.777. The zero-order valence-corrected chi connectivity index (χ0v) is 11.1. The molecule has 2 heterocycles. The Balaban J connectivity index is 2.12. The van der Waals surface area contributed by atoms with E-state index >= 15 is 0 Å². The normalized spacial score (nSPS) is 18.0. The largest absolute Gasteiger partial charge is 0.381 e. The van der Waals surface area contributed by atoms with Crippen LogP contribution in [0.3, 0.4) is 0 Å². The van der Waals surface area contributed by atoms with Gasteiger partial charge in [-0.3, -0.25) is 4.79 Å². The average Bonchev–Trinajstić information content (AvgIpc) is 2.59. The second kappa shape index (κ2) is 4.95. The van der Waals surface area contributed by atoms with Crippen LogP contribution in [-0.4, -0.2) is 19.0 Å². The molecule has 0 spiro atoms. The summed E-state index contributed by atoms with van der Waals surface area (Å²) in [6, 6.07) is 1.74. The van der Waals surface area contributed by atoms with Crippen LogP contribution >= 0.6 is 38.9 Å². The fourth-order valence-electron chi connectivity index (χ4n) is 1.63. The molecule has 0 atom stereocenters. The Bertz CT molecular complexity index is 352. The minimum atomic E-state index is 0.111. The van der Waals surface area contributed by atoms with Gasteiger partial charge in [-0.05, 0) is 34.8 Å². The van der Waals surface area contributed by atoms with Gasteiger partial charge in [0.15, 0.2) is 5.78 Å². The van der Waals surface area contributed by atoms with Crippen LogP contribution < -0.4 is 0 Å². The molecule has 0 aromatic carbocycles. The van der Waals surface area contributed by atoms with Crippen LogP contribution in [-0.2, 0) is 4.74 Å². The van der Waals surface area contributed by atoms with Crippen LogP contribution in [0.2, 0.25) is 5.02 Å². The van der Waals surface area contributed by atoms with Gasteiger partial charge in [-0.15, -0.1) is 11.3 Å². The second-order valence-electron chi connectivity index (χ2n) is 3.48. The molecule has 0 aliphatic carbocycles. The molecule has 1 aromatic rings.